The first-order valence-corrected chi connectivity index (χ1v) is 54.6. The molecule has 0 saturated carbocycles. The first-order valence-electron chi connectivity index (χ1n) is 50.2. The van der Waals surface area contributed by atoms with Crippen molar-refractivity contribution in [2.75, 3.05) is 200 Å². The van der Waals surface area contributed by atoms with Crippen molar-refractivity contribution in [2.24, 2.45) is 49.9 Å². The number of aliphatic carboxylic acids is 1. The quantitative estimate of drug-likeness (QED) is 0.00881. The zero-order chi connectivity index (χ0) is 107. The number of carbonyl (C=O) groups is 7. The number of carboxylic acids is 1. The van der Waals surface area contributed by atoms with Crippen LogP contribution in [0.4, 0.5) is 17.1 Å². The number of hydrogen-bond donors (Lipinski definition) is 8. The number of likely N-dealkylation sites (N-methyl/N-ethyl adjacent to an activating group) is 2. The van der Waals surface area contributed by atoms with E-state index < -0.39 is 36.0 Å². The van der Waals surface area contributed by atoms with Crippen molar-refractivity contribution >= 4 is 125 Å². The summed E-state index contributed by atoms with van der Waals surface area (Å²) in [7, 11) is -2.84. The van der Waals surface area contributed by atoms with Crippen molar-refractivity contribution < 1.29 is 132 Å². The molecular formula is C106H150LiN15O24S3. The molecule has 6 aliphatic rings. The summed E-state index contributed by atoms with van der Waals surface area (Å²) < 4.78 is 115. The van der Waals surface area contributed by atoms with Gasteiger partial charge in [0.25, 0.3) is 0 Å². The molecule has 6 heterocycles. The number of rotatable bonds is 53. The summed E-state index contributed by atoms with van der Waals surface area (Å²) in [5.41, 5.74) is 32.2. The van der Waals surface area contributed by atoms with Gasteiger partial charge in [0, 0.05) is 202 Å². The maximum Gasteiger partial charge on any atom is 1.00 e. The fourth-order valence-corrected chi connectivity index (χ4v) is 22.1. The van der Waals surface area contributed by atoms with Crippen LogP contribution in [0.1, 0.15) is 152 Å². The third-order valence-corrected chi connectivity index (χ3v) is 30.6. The van der Waals surface area contributed by atoms with Gasteiger partial charge in [-0.15, -0.1) is 0 Å². The van der Waals surface area contributed by atoms with Crippen LogP contribution in [0.5, 0.6) is 0 Å². The normalized spacial score (nSPS) is 14.8. The van der Waals surface area contributed by atoms with E-state index in [2.05, 4.69) is 48.5 Å². The number of sulfonamides is 3. The van der Waals surface area contributed by atoms with Gasteiger partial charge in [0.1, 0.15) is 30.4 Å². The van der Waals surface area contributed by atoms with Gasteiger partial charge in [0.15, 0.2) is 0 Å². The molecule has 39 nitrogen and oxygen atoms in total. The Hall–Kier alpha value is -10.7. The number of benzene rings is 6. The first kappa shape index (κ1) is 125. The van der Waals surface area contributed by atoms with Gasteiger partial charge in [-0.1, -0.05) is 96.1 Å². The van der Waals surface area contributed by atoms with E-state index in [1.54, 1.807) is 36.4 Å². The Labute approximate surface area is 889 Å². The second-order valence-electron chi connectivity index (χ2n) is 37.0. The number of esters is 2. The number of carboxylic acid groups (broad SMARTS) is 1. The molecule has 3 saturated heterocycles. The number of hydrogen-bond acceptors (Lipinski definition) is 32. The van der Waals surface area contributed by atoms with Crippen molar-refractivity contribution in [3.05, 3.63) is 159 Å². The minimum Gasteiger partial charge on any atom is -0.870 e. The van der Waals surface area contributed by atoms with E-state index in [-0.39, 0.29) is 191 Å². The molecule has 12 N–H and O–H groups in total. The Balaban J connectivity index is 0.000000284. The topological polar surface area (TPSA) is 541 Å². The van der Waals surface area contributed by atoms with Crippen LogP contribution < -0.4 is 41.4 Å². The molecule has 0 radical (unpaired) electrons. The average molecular weight is 2120 g/mol. The smallest absolute Gasteiger partial charge is 0.870 e. The second kappa shape index (κ2) is 62.3. The molecule has 3 fully saturated rings. The molecule has 43 heteroatoms. The third-order valence-electron chi connectivity index (χ3n) is 25.1. The van der Waals surface area contributed by atoms with Gasteiger partial charge >= 0.3 is 36.8 Å². The van der Waals surface area contributed by atoms with E-state index >= 15 is 0 Å². The molecule has 0 aromatic heterocycles. The molecule has 6 aliphatic heterocycles. The van der Waals surface area contributed by atoms with E-state index in [0.29, 0.717) is 181 Å². The minimum atomic E-state index is -3.77. The number of methoxy groups -OCH3 is 2. The van der Waals surface area contributed by atoms with E-state index in [1.165, 1.54) is 27.1 Å². The second-order valence-corrected chi connectivity index (χ2v) is 42.8. The number of amides is 3. The molecule has 0 bridgehead atoms. The van der Waals surface area contributed by atoms with Crippen LogP contribution in [0.25, 0.3) is 51.6 Å². The number of ether oxygens (including phenoxy) is 6. The molecule has 149 heavy (non-hydrogen) atoms. The van der Waals surface area contributed by atoms with Gasteiger partial charge < -0.3 is 96.3 Å². The van der Waals surface area contributed by atoms with Gasteiger partial charge in [-0.25, -0.2) is 40.2 Å². The summed E-state index contributed by atoms with van der Waals surface area (Å²) in [5, 5.41) is 40.2. The Morgan fingerprint density at radius 2 is 0.718 bits per heavy atom. The predicted molar refractivity (Wildman–Crippen MR) is 569 cm³/mol. The molecule has 3 amide bonds. The Bertz CT molecular complexity index is 6030. The molecule has 0 unspecified atom stereocenters. The van der Waals surface area contributed by atoms with Gasteiger partial charge in [0.2, 0.25) is 47.8 Å². The number of aliphatic hydroxyl groups is 3. The zero-order valence-electron chi connectivity index (χ0n) is 88.1. The van der Waals surface area contributed by atoms with Crippen molar-refractivity contribution in [3.8, 4) is 33.4 Å². The predicted octanol–water partition coefficient (Wildman–Crippen LogP) is 6.44. The maximum atomic E-state index is 13.5. The van der Waals surface area contributed by atoms with Crippen molar-refractivity contribution in [3.63, 3.8) is 0 Å². The first-order chi connectivity index (χ1) is 70.5. The average Bonchev–Trinajstić information content (AvgIpc) is 1.35. The fraction of sp³-hybridized carbons (Fsp3) is 0.509. The number of aliphatic imine (C=N–C) groups is 3. The number of carbonyl (C=O) groups excluding carboxylic acids is 6. The van der Waals surface area contributed by atoms with E-state index in [4.69, 9.17) is 41.3 Å². The van der Waals surface area contributed by atoms with E-state index in [0.717, 1.165) is 99.7 Å². The summed E-state index contributed by atoms with van der Waals surface area (Å²) in [6.45, 7) is 22.9. The van der Waals surface area contributed by atoms with Crippen LogP contribution >= 0.6 is 0 Å². The molecule has 12 rings (SSSR count). The van der Waals surface area contributed by atoms with Crippen LogP contribution in [0, 0.1) is 17.8 Å². The number of aldehydes is 1. The Kier molecular flexibility index (Phi) is 52.4. The van der Waals surface area contributed by atoms with Crippen LogP contribution in [0.2, 0.25) is 0 Å². The maximum absolute atomic E-state index is 13.5. The van der Waals surface area contributed by atoms with Crippen molar-refractivity contribution in [1.82, 2.24) is 42.7 Å². The molecule has 6 aromatic carbocycles. The van der Waals surface area contributed by atoms with Crippen LogP contribution in [-0.2, 0) is 112 Å². The fourth-order valence-electron chi connectivity index (χ4n) is 17.2. The number of nitrogens with zero attached hydrogens (tertiary/aromatic N) is 11. The number of fused-ring (bicyclic) bond motifs is 3. The van der Waals surface area contributed by atoms with Crippen LogP contribution in [0.3, 0.4) is 0 Å². The van der Waals surface area contributed by atoms with Crippen molar-refractivity contribution in [2.45, 2.75) is 153 Å². The molecule has 0 spiro atoms. The number of amidine groups is 3. The number of nitrogens with one attached hydrogen (secondary N) is 1. The molecule has 0 aliphatic carbocycles. The van der Waals surface area contributed by atoms with Gasteiger partial charge in [-0.05, 0) is 183 Å². The molecule has 6 aromatic rings. The SMILES string of the molecule is CCCN(CCC)C(=O)C1=Cc2ccc(-c3cc(S(=O)(=O)N4CC(CO)C4)ccc3CN(C)CCOCCC(=O)O)cc2N=C(N)C1.CCCN(CCC)C(=O)C1=Cc2ccc(-c3cc(S(=O)(=O)N4CC(CO)C4)ccc3CN(C)CCOCCC(=O)OC)cc2N=C(N)C1.CCCN(CCC)C(=O)C1=Cc2ccc(-c3cc(S(=O)(=O)N4CC(CO)C4)ccc3CNC)cc2N=C(N)C1.COC(=O)CCOCCOCC=O.[Li+].[OH-]. The van der Waals surface area contributed by atoms with E-state index in [1.807, 2.05) is 159 Å². The minimum absolute atomic E-state index is 0. The molecule has 812 valence electrons. The largest absolute Gasteiger partial charge is 1.00 e. The summed E-state index contributed by atoms with van der Waals surface area (Å²) in [6, 6.07) is 32.5. The Morgan fingerprint density at radius 1 is 0.423 bits per heavy atom. The standard InChI is InChI=1S/C35H49N5O7S.C34H47N5O7S.C29H39N5O4S.C8H14O5.Li.H2O/c1-5-12-39(13-6-2)35(43)29-17-27-8-7-26(18-32(27)37-33(36)19-29)31-20-30(48(44,45)40-21-25(22-40)24-41)10-9-28(31)23-38(3)14-16-47-15-11-34(42)46-4;1-4-11-38(12-5-2)34(43)28-16-26-7-6-25(17-31(26)36-32(35)18-28)30-19-29(47(44,45)39-20-24(21-39)23-40)9-8-27(30)22-37(3)13-15-46-14-10-33(41)42;1-4-10-33(11-5-2)29(36)24-12-22-7-6-21(13-27(22)32-28(30)14-24)26-15-25(9-8-23(26)16-31-3)39(37,38)34-17-20(18-34)19-35;1-11-8(10)2-4-12-6-7-13-5-3-9;;/h7-10,17-18,20,25,41H,5-6,11-16,19,21-24H2,1-4H3,(H2,36,37);6-9,16-17,19,24,40H,4-5,10-15,18,20-23H2,1-3H3,(H2,35,36)(H,41,42);6-9,12-13,15,20,31,35H,4-5,10-11,14,16-19H2,1-3H3,(H2,30,32);3H,2,4-7H2,1H3;;1H2/q;;;;+1;/p-1. The third kappa shape index (κ3) is 36.3. The van der Waals surface area contributed by atoms with Crippen molar-refractivity contribution in [1.29, 1.82) is 0 Å². The molecular weight excluding hydrogens is 1970 g/mol. The summed E-state index contributed by atoms with van der Waals surface area (Å²) >= 11 is 0. The Morgan fingerprint density at radius 3 is 1.01 bits per heavy atom. The number of aliphatic hydroxyl groups excluding tert-OH is 3. The monoisotopic (exact) mass is 2120 g/mol. The van der Waals surface area contributed by atoms with Crippen LogP contribution in [-0.4, -0.2) is 348 Å². The van der Waals surface area contributed by atoms with Gasteiger partial charge in [-0.3, -0.25) is 38.6 Å². The number of nitrogens with two attached hydrogens (primary N) is 3. The van der Waals surface area contributed by atoms with E-state index in [9.17, 15) is 74.1 Å². The zero-order valence-corrected chi connectivity index (χ0v) is 90.5. The van der Waals surface area contributed by atoms with Gasteiger partial charge in [0.05, 0.1) is 111 Å². The summed E-state index contributed by atoms with van der Waals surface area (Å²) in [6.07, 6.45) is 12.6. The molecule has 0 atom stereocenters. The van der Waals surface area contributed by atoms with Gasteiger partial charge in [-0.2, -0.15) is 12.9 Å². The van der Waals surface area contributed by atoms with Crippen LogP contribution in [0.15, 0.2) is 156 Å². The summed E-state index contributed by atoms with van der Waals surface area (Å²) in [5.74, 6) is -0.767. The summed E-state index contributed by atoms with van der Waals surface area (Å²) in [4.78, 5) is 107.